The van der Waals surface area contributed by atoms with Crippen molar-refractivity contribution in [2.75, 3.05) is 0 Å². The van der Waals surface area contributed by atoms with Crippen molar-refractivity contribution in [3.63, 3.8) is 0 Å². The Morgan fingerprint density at radius 1 is 1.36 bits per heavy atom. The maximum absolute atomic E-state index is 5.45. The van der Waals surface area contributed by atoms with Gasteiger partial charge in [0.25, 0.3) is 0 Å². The smallest absolute Gasteiger partial charge is 0.0248 e. The third-order valence-electron chi connectivity index (χ3n) is 2.09. The van der Waals surface area contributed by atoms with E-state index in [0.717, 1.165) is 0 Å². The van der Waals surface area contributed by atoms with E-state index in [0.29, 0.717) is 5.92 Å². The van der Waals surface area contributed by atoms with E-state index in [1.54, 1.807) is 0 Å². The Hall–Kier alpha value is -0.440. The van der Waals surface area contributed by atoms with Gasteiger partial charge in [0.1, 0.15) is 0 Å². The number of unbranched alkanes of at least 4 members (excludes halogenated alkanes) is 1. The molecule has 0 fully saturated rings. The first kappa shape index (κ1) is 10.6. The fourth-order valence-electron chi connectivity index (χ4n) is 1.17. The van der Waals surface area contributed by atoms with Gasteiger partial charge < -0.3 is 0 Å². The van der Waals surface area contributed by atoms with Crippen molar-refractivity contribution in [2.24, 2.45) is 11.3 Å². The zero-order valence-corrected chi connectivity index (χ0v) is 8.28. The maximum atomic E-state index is 5.45. The van der Waals surface area contributed by atoms with Gasteiger partial charge in [0, 0.05) is 5.92 Å². The average molecular weight is 152 g/mol. The van der Waals surface area contributed by atoms with Crippen LogP contribution in [0.2, 0.25) is 0 Å². The molecular weight excluding hydrogens is 132 g/mol. The fourth-order valence-corrected chi connectivity index (χ4v) is 1.17. The lowest BCUT2D eigenvalue weighted by molar-refractivity contribution is 0.283. The topological polar surface area (TPSA) is 0 Å². The Bertz CT molecular complexity index is 131. The van der Waals surface area contributed by atoms with Crippen molar-refractivity contribution < 1.29 is 0 Å². The summed E-state index contributed by atoms with van der Waals surface area (Å²) in [7, 11) is 0. The second kappa shape index (κ2) is 4.44. The third kappa shape index (κ3) is 4.09. The molecule has 0 spiro atoms. The molecule has 0 saturated carbocycles. The molecule has 0 aromatic heterocycles. The average Bonchev–Trinajstić information content (AvgIpc) is 1.87. The molecule has 0 aliphatic rings. The summed E-state index contributed by atoms with van der Waals surface area (Å²) in [5, 5.41) is 0. The summed E-state index contributed by atoms with van der Waals surface area (Å²) in [6.07, 6.45) is 9.13. The van der Waals surface area contributed by atoms with Gasteiger partial charge in [-0.3, -0.25) is 0 Å². The van der Waals surface area contributed by atoms with Crippen LogP contribution in [0.5, 0.6) is 0 Å². The van der Waals surface area contributed by atoms with Crippen LogP contribution in [0.15, 0.2) is 0 Å². The molecule has 0 aromatic carbocycles. The molecule has 11 heavy (non-hydrogen) atoms. The highest BCUT2D eigenvalue weighted by atomic mass is 14.2. The molecule has 0 rings (SSSR count). The Morgan fingerprint density at radius 2 is 1.91 bits per heavy atom. The van der Waals surface area contributed by atoms with E-state index in [-0.39, 0.29) is 5.41 Å². The molecular formula is C11H20. The highest BCUT2D eigenvalue weighted by Crippen LogP contribution is 2.29. The Morgan fingerprint density at radius 3 is 2.18 bits per heavy atom. The second-order valence-electron chi connectivity index (χ2n) is 4.23. The van der Waals surface area contributed by atoms with Crippen molar-refractivity contribution in [2.45, 2.75) is 47.0 Å². The van der Waals surface area contributed by atoms with Gasteiger partial charge in [-0.2, -0.15) is 0 Å². The molecule has 0 aliphatic heterocycles. The molecule has 0 heterocycles. The predicted octanol–water partition coefficient (Wildman–Crippen LogP) is 3.47. The third-order valence-corrected chi connectivity index (χ3v) is 2.09. The first-order valence-electron chi connectivity index (χ1n) is 4.48. The SMILES string of the molecule is C#CC(CCCC)C(C)(C)C. The van der Waals surface area contributed by atoms with Crippen LogP contribution in [0.4, 0.5) is 0 Å². The summed E-state index contributed by atoms with van der Waals surface area (Å²) in [4.78, 5) is 0. The fraction of sp³-hybridized carbons (Fsp3) is 0.818. The van der Waals surface area contributed by atoms with Crippen LogP contribution in [0, 0.1) is 23.7 Å². The van der Waals surface area contributed by atoms with Crippen LogP contribution < -0.4 is 0 Å². The second-order valence-corrected chi connectivity index (χ2v) is 4.23. The molecule has 0 heteroatoms. The van der Waals surface area contributed by atoms with Gasteiger partial charge in [-0.1, -0.05) is 40.5 Å². The van der Waals surface area contributed by atoms with Gasteiger partial charge in [-0.05, 0) is 11.8 Å². The zero-order chi connectivity index (χ0) is 8.91. The van der Waals surface area contributed by atoms with E-state index < -0.39 is 0 Å². The molecule has 0 amide bonds. The van der Waals surface area contributed by atoms with Crippen LogP contribution in [0.1, 0.15) is 47.0 Å². The lowest BCUT2D eigenvalue weighted by atomic mass is 9.78. The first-order chi connectivity index (χ1) is 5.02. The Labute approximate surface area is 71.4 Å². The summed E-state index contributed by atoms with van der Waals surface area (Å²) < 4.78 is 0. The predicted molar refractivity (Wildman–Crippen MR) is 51.3 cm³/mol. The zero-order valence-electron chi connectivity index (χ0n) is 8.28. The van der Waals surface area contributed by atoms with Crippen molar-refractivity contribution in [3.8, 4) is 12.3 Å². The number of terminal acetylenes is 1. The minimum Gasteiger partial charge on any atom is -0.120 e. The molecule has 0 bridgehead atoms. The van der Waals surface area contributed by atoms with Gasteiger partial charge in [-0.25, -0.2) is 0 Å². The molecule has 0 radical (unpaired) electrons. The van der Waals surface area contributed by atoms with Crippen LogP contribution >= 0.6 is 0 Å². The summed E-state index contributed by atoms with van der Waals surface area (Å²) in [5.74, 6) is 3.32. The molecule has 1 unspecified atom stereocenters. The quantitative estimate of drug-likeness (QED) is 0.543. The first-order valence-corrected chi connectivity index (χ1v) is 4.48. The monoisotopic (exact) mass is 152 g/mol. The van der Waals surface area contributed by atoms with Gasteiger partial charge in [0.05, 0.1) is 0 Å². The van der Waals surface area contributed by atoms with Crippen LogP contribution in [-0.4, -0.2) is 0 Å². The van der Waals surface area contributed by atoms with Crippen molar-refractivity contribution >= 4 is 0 Å². The van der Waals surface area contributed by atoms with Crippen LogP contribution in [0.3, 0.4) is 0 Å². The molecule has 0 aliphatic carbocycles. The molecule has 0 N–H and O–H groups in total. The molecule has 0 aromatic rings. The van der Waals surface area contributed by atoms with Crippen molar-refractivity contribution in [1.82, 2.24) is 0 Å². The molecule has 0 saturated heterocycles. The summed E-state index contributed by atoms with van der Waals surface area (Å²) in [5.41, 5.74) is 0.282. The van der Waals surface area contributed by atoms with E-state index >= 15 is 0 Å². The lowest BCUT2D eigenvalue weighted by Crippen LogP contribution is -2.18. The highest BCUT2D eigenvalue weighted by Gasteiger charge is 2.21. The van der Waals surface area contributed by atoms with Gasteiger partial charge in [-0.15, -0.1) is 12.3 Å². The van der Waals surface area contributed by atoms with Crippen molar-refractivity contribution in [3.05, 3.63) is 0 Å². The number of hydrogen-bond donors (Lipinski definition) is 0. The highest BCUT2D eigenvalue weighted by molar-refractivity contribution is 4.98. The van der Waals surface area contributed by atoms with E-state index in [2.05, 4.69) is 33.6 Å². The van der Waals surface area contributed by atoms with E-state index in [1.165, 1.54) is 19.3 Å². The number of rotatable bonds is 3. The molecule has 64 valence electrons. The summed E-state index contributed by atoms with van der Waals surface area (Å²) in [6.45, 7) is 8.85. The van der Waals surface area contributed by atoms with Gasteiger partial charge in [0.2, 0.25) is 0 Å². The summed E-state index contributed by atoms with van der Waals surface area (Å²) in [6, 6.07) is 0. The minimum absolute atomic E-state index is 0.282. The standard InChI is InChI=1S/C11H20/c1-6-8-9-10(7-2)11(3,4)5/h2,10H,6,8-9H2,1,3-5H3. The van der Waals surface area contributed by atoms with Gasteiger partial charge in [0.15, 0.2) is 0 Å². The van der Waals surface area contributed by atoms with Crippen LogP contribution in [0.25, 0.3) is 0 Å². The minimum atomic E-state index is 0.282. The Balaban J connectivity index is 3.89. The normalized spacial score (nSPS) is 14.1. The molecule has 1 atom stereocenters. The van der Waals surface area contributed by atoms with E-state index in [4.69, 9.17) is 6.42 Å². The Kier molecular flexibility index (Phi) is 4.26. The summed E-state index contributed by atoms with van der Waals surface area (Å²) >= 11 is 0. The van der Waals surface area contributed by atoms with E-state index in [1.807, 2.05) is 0 Å². The maximum Gasteiger partial charge on any atom is 0.0248 e. The largest absolute Gasteiger partial charge is 0.120 e. The van der Waals surface area contributed by atoms with Crippen LogP contribution in [-0.2, 0) is 0 Å². The number of hydrogen-bond acceptors (Lipinski definition) is 0. The van der Waals surface area contributed by atoms with E-state index in [9.17, 15) is 0 Å². The lowest BCUT2D eigenvalue weighted by Gasteiger charge is -2.25. The van der Waals surface area contributed by atoms with Crippen molar-refractivity contribution in [1.29, 1.82) is 0 Å². The van der Waals surface area contributed by atoms with Gasteiger partial charge >= 0.3 is 0 Å². The molecule has 0 nitrogen and oxygen atoms in total.